The maximum absolute atomic E-state index is 12.7. The zero-order chi connectivity index (χ0) is 28.5. The van der Waals surface area contributed by atoms with Crippen molar-refractivity contribution >= 4 is 34.8 Å². The first-order valence-corrected chi connectivity index (χ1v) is 14.0. The Labute approximate surface area is 219 Å². The van der Waals surface area contributed by atoms with E-state index in [2.05, 4.69) is 37.4 Å². The minimum atomic E-state index is -1.53. The van der Waals surface area contributed by atoms with Crippen molar-refractivity contribution in [2.75, 3.05) is 13.1 Å². The summed E-state index contributed by atoms with van der Waals surface area (Å²) in [5.41, 5.74) is 0. The summed E-state index contributed by atoms with van der Waals surface area (Å²) in [5.74, 6) is -0.748. The summed E-state index contributed by atoms with van der Waals surface area (Å²) in [6.45, 7) is 19.8. The van der Waals surface area contributed by atoms with E-state index in [-0.39, 0.29) is 6.42 Å². The van der Waals surface area contributed by atoms with E-state index >= 15 is 0 Å². The van der Waals surface area contributed by atoms with Gasteiger partial charge in [-0.2, -0.15) is 0 Å². The third-order valence-electron chi connectivity index (χ3n) is 4.90. The predicted octanol–water partition coefficient (Wildman–Crippen LogP) is 3.35. The molecule has 10 nitrogen and oxygen atoms in total. The van der Waals surface area contributed by atoms with Crippen molar-refractivity contribution in [3.05, 3.63) is 12.7 Å². The van der Waals surface area contributed by atoms with Crippen LogP contribution in [0.1, 0.15) is 87.5 Å². The summed E-state index contributed by atoms with van der Waals surface area (Å²) >= 11 is 0. The Bertz CT molecular complexity index is 737. The van der Waals surface area contributed by atoms with Crippen LogP contribution in [0, 0.1) is 5.92 Å². The van der Waals surface area contributed by atoms with Gasteiger partial charge in [-0.1, -0.05) is 54.5 Å². The van der Waals surface area contributed by atoms with E-state index in [0.717, 1.165) is 18.8 Å². The molecule has 0 radical (unpaired) electrons. The minimum absolute atomic E-state index is 0.146. The van der Waals surface area contributed by atoms with Gasteiger partial charge < -0.3 is 20.6 Å². The zero-order valence-electron chi connectivity index (χ0n) is 23.3. The first kappa shape index (κ1) is 35.7. The lowest BCUT2D eigenvalue weighted by Crippen LogP contribution is -2.54. The van der Waals surface area contributed by atoms with E-state index in [1.54, 1.807) is 0 Å². The smallest absolute Gasteiger partial charge is 0.405 e. The molecule has 1 saturated heterocycles. The Kier molecular flexibility index (Phi) is 18.6. The van der Waals surface area contributed by atoms with Gasteiger partial charge in [-0.15, -0.1) is 6.58 Å². The fourth-order valence-corrected chi connectivity index (χ4v) is 3.95. The molecular weight excluding hydrogens is 484 g/mol. The molecule has 11 heteroatoms. The average Bonchev–Trinajstić information content (AvgIpc) is 3.39. The number of likely N-dealkylation sites (tertiary alicyclic amines) is 1. The van der Waals surface area contributed by atoms with Gasteiger partial charge in [0.15, 0.2) is 0 Å². The fraction of sp³-hybridized carbons (Fsp3) is 0.760. The molecule has 3 unspecified atom stereocenters. The molecule has 0 aromatic carbocycles. The van der Waals surface area contributed by atoms with Gasteiger partial charge in [-0.25, -0.2) is 9.00 Å². The van der Waals surface area contributed by atoms with Crippen LogP contribution in [0.4, 0.5) is 4.79 Å². The van der Waals surface area contributed by atoms with Crippen molar-refractivity contribution < 1.29 is 28.5 Å². The van der Waals surface area contributed by atoms with Crippen molar-refractivity contribution in [3.8, 4) is 0 Å². The second-order valence-corrected chi connectivity index (χ2v) is 10.6. The number of carbonyl (C=O) groups excluding carboxylic acids is 3. The molecule has 4 amide bonds. The normalized spacial score (nSPS) is 18.4. The fourth-order valence-electron chi connectivity index (χ4n) is 2.90. The molecule has 36 heavy (non-hydrogen) atoms. The minimum Gasteiger partial charge on any atom is -0.465 e. The lowest BCUT2D eigenvalue weighted by Gasteiger charge is -2.26. The second-order valence-electron chi connectivity index (χ2n) is 8.91. The summed E-state index contributed by atoms with van der Waals surface area (Å²) < 4.78 is 14.2. The highest BCUT2D eigenvalue weighted by atomic mass is 32.2. The molecule has 210 valence electrons. The number of carbonyl (C=O) groups is 4. The number of rotatable bonds is 9. The summed E-state index contributed by atoms with van der Waals surface area (Å²) in [6, 6.07) is -1.74. The largest absolute Gasteiger partial charge is 0.465 e. The van der Waals surface area contributed by atoms with E-state index in [9.17, 15) is 23.4 Å². The van der Waals surface area contributed by atoms with Crippen LogP contribution in [-0.4, -0.2) is 68.0 Å². The maximum Gasteiger partial charge on any atom is 0.405 e. The molecule has 2 fully saturated rings. The van der Waals surface area contributed by atoms with Crippen LogP contribution in [0.15, 0.2) is 12.7 Å². The van der Waals surface area contributed by atoms with Gasteiger partial charge in [0.05, 0.1) is 4.75 Å². The number of amides is 4. The van der Waals surface area contributed by atoms with Gasteiger partial charge in [-0.3, -0.25) is 19.1 Å². The monoisotopic (exact) mass is 532 g/mol. The number of hydrogen-bond acceptors (Lipinski definition) is 5. The van der Waals surface area contributed by atoms with E-state index in [1.165, 1.54) is 11.0 Å². The summed E-state index contributed by atoms with van der Waals surface area (Å²) in [7, 11) is -1.53. The molecule has 1 saturated carbocycles. The molecule has 0 bridgehead atoms. The van der Waals surface area contributed by atoms with Crippen molar-refractivity contribution in [2.45, 2.75) is 104 Å². The predicted molar refractivity (Wildman–Crippen MR) is 145 cm³/mol. The molecule has 2 aliphatic rings. The van der Waals surface area contributed by atoms with Crippen LogP contribution >= 0.6 is 0 Å². The van der Waals surface area contributed by atoms with Crippen molar-refractivity contribution in [2.24, 2.45) is 5.92 Å². The third kappa shape index (κ3) is 13.6. The highest BCUT2D eigenvalue weighted by molar-refractivity contribution is 7.85. The van der Waals surface area contributed by atoms with Crippen molar-refractivity contribution in [1.82, 2.24) is 20.3 Å². The second kappa shape index (κ2) is 18.8. The first-order chi connectivity index (χ1) is 16.9. The summed E-state index contributed by atoms with van der Waals surface area (Å²) in [5, 5.41) is 13.2. The van der Waals surface area contributed by atoms with Gasteiger partial charge in [0.25, 0.3) is 5.91 Å². The lowest BCUT2D eigenvalue weighted by molar-refractivity contribution is -0.138. The van der Waals surface area contributed by atoms with E-state index in [1.807, 2.05) is 39.9 Å². The Morgan fingerprint density at radius 3 is 2.11 bits per heavy atom. The van der Waals surface area contributed by atoms with Crippen LogP contribution in [0.2, 0.25) is 0 Å². The number of hydrogen-bond donors (Lipinski definition) is 4. The van der Waals surface area contributed by atoms with E-state index in [4.69, 9.17) is 5.11 Å². The standard InChI is InChI=1S/C17H26N4O6S.C4H10.2C2H6/c1-3-5-11(14(23)20-28(27)17(2)7-8-17)19-15(24)12-6-4-9-21(12)13(22)10-18-16(25)26;1-4(2)3;2*1-2/h3,11-12,18H,1,4-10H2,2H3,(H,19,24)(H,20,23)(H,25,26);4H,1-3H3;2*1-2H3. The quantitative estimate of drug-likeness (QED) is 0.335. The molecule has 2 rings (SSSR count). The molecule has 1 heterocycles. The third-order valence-corrected chi connectivity index (χ3v) is 6.59. The molecular formula is C25H48N4O6S. The van der Waals surface area contributed by atoms with Crippen molar-refractivity contribution in [1.29, 1.82) is 0 Å². The molecule has 3 atom stereocenters. The summed E-state index contributed by atoms with van der Waals surface area (Å²) in [4.78, 5) is 49.1. The Morgan fingerprint density at radius 2 is 1.67 bits per heavy atom. The molecule has 1 aliphatic heterocycles. The molecule has 0 aromatic rings. The Balaban J connectivity index is 0. The molecule has 0 spiro atoms. The van der Waals surface area contributed by atoms with Gasteiger partial charge in [0.2, 0.25) is 11.8 Å². The average molecular weight is 533 g/mol. The van der Waals surface area contributed by atoms with Crippen LogP contribution in [0.3, 0.4) is 0 Å². The first-order valence-electron chi connectivity index (χ1n) is 12.8. The Hall–Kier alpha value is -2.43. The molecule has 4 N–H and O–H groups in total. The molecule has 0 aromatic heterocycles. The molecule has 1 aliphatic carbocycles. The lowest BCUT2D eigenvalue weighted by atomic mass is 10.1. The van der Waals surface area contributed by atoms with Gasteiger partial charge in [0.1, 0.15) is 29.6 Å². The van der Waals surface area contributed by atoms with Gasteiger partial charge in [-0.05, 0) is 44.9 Å². The Morgan fingerprint density at radius 1 is 1.14 bits per heavy atom. The van der Waals surface area contributed by atoms with Gasteiger partial charge in [0, 0.05) is 6.54 Å². The number of nitrogens with zero attached hydrogens (tertiary/aromatic N) is 1. The van der Waals surface area contributed by atoms with E-state index < -0.39 is 58.2 Å². The maximum atomic E-state index is 12.7. The van der Waals surface area contributed by atoms with Crippen LogP contribution < -0.4 is 15.4 Å². The SMILES string of the molecule is C=CCC(NC(=O)C1CCCN1C(=O)CNC(=O)O)C(=O)NS(=O)C1(C)CC1.CC.CC.CC(C)C. The van der Waals surface area contributed by atoms with Crippen molar-refractivity contribution in [3.63, 3.8) is 0 Å². The highest BCUT2D eigenvalue weighted by Gasteiger charge is 2.45. The highest BCUT2D eigenvalue weighted by Crippen LogP contribution is 2.40. The number of carboxylic acid groups (broad SMARTS) is 1. The number of nitrogens with one attached hydrogen (secondary N) is 3. The van der Waals surface area contributed by atoms with Crippen LogP contribution in [0.5, 0.6) is 0 Å². The van der Waals surface area contributed by atoms with Crippen LogP contribution in [0.25, 0.3) is 0 Å². The van der Waals surface area contributed by atoms with Gasteiger partial charge >= 0.3 is 6.09 Å². The summed E-state index contributed by atoms with van der Waals surface area (Å²) in [6.07, 6.45) is 2.83. The zero-order valence-corrected chi connectivity index (χ0v) is 24.1. The van der Waals surface area contributed by atoms with Crippen LogP contribution in [-0.2, 0) is 25.4 Å². The topological polar surface area (TPSA) is 145 Å². The van der Waals surface area contributed by atoms with E-state index in [0.29, 0.717) is 19.4 Å².